The molecular formula is C17H14F3NO2S. The maximum Gasteiger partial charge on any atom is 0.416 e. The first kappa shape index (κ1) is 17.9. The summed E-state index contributed by atoms with van der Waals surface area (Å²) in [5, 5.41) is 4.51. The van der Waals surface area contributed by atoms with Gasteiger partial charge in [-0.1, -0.05) is 17.9 Å². The normalized spacial score (nSPS) is 10.7. The van der Waals surface area contributed by atoms with E-state index in [0.717, 1.165) is 17.7 Å². The van der Waals surface area contributed by atoms with Crippen LogP contribution in [0.25, 0.3) is 0 Å². The summed E-state index contributed by atoms with van der Waals surface area (Å²) in [4.78, 5) is 12.3. The molecule has 0 atom stereocenters. The average molecular weight is 353 g/mol. The Hall–Kier alpha value is -2.46. The van der Waals surface area contributed by atoms with E-state index in [0.29, 0.717) is 4.88 Å². The minimum Gasteiger partial charge on any atom is -0.481 e. The number of nitrogens with one attached hydrogen (secondary N) is 1. The van der Waals surface area contributed by atoms with Crippen LogP contribution in [0.5, 0.6) is 5.75 Å². The van der Waals surface area contributed by atoms with E-state index in [1.54, 1.807) is 6.07 Å². The molecular weight excluding hydrogens is 339 g/mol. The fourth-order valence-electron chi connectivity index (χ4n) is 1.76. The van der Waals surface area contributed by atoms with Crippen LogP contribution < -0.4 is 10.1 Å². The van der Waals surface area contributed by atoms with Gasteiger partial charge in [-0.3, -0.25) is 4.79 Å². The van der Waals surface area contributed by atoms with Gasteiger partial charge in [0.05, 0.1) is 17.0 Å². The first-order chi connectivity index (χ1) is 11.4. The fourth-order valence-corrected chi connectivity index (χ4v) is 2.57. The minimum absolute atomic E-state index is 0.0602. The lowest BCUT2D eigenvalue weighted by atomic mass is 10.2. The summed E-state index contributed by atoms with van der Waals surface area (Å²) in [5.41, 5.74) is 0.247. The second-order valence-electron chi connectivity index (χ2n) is 4.84. The van der Waals surface area contributed by atoms with Crippen molar-refractivity contribution in [2.75, 3.05) is 13.2 Å². The van der Waals surface area contributed by atoms with Gasteiger partial charge >= 0.3 is 6.18 Å². The van der Waals surface area contributed by atoms with Crippen molar-refractivity contribution in [1.82, 2.24) is 5.32 Å². The average Bonchev–Trinajstić information content (AvgIpc) is 2.96. The van der Waals surface area contributed by atoms with Crippen molar-refractivity contribution in [2.24, 2.45) is 0 Å². The SMILES string of the molecule is Cc1csc(C(=O)NCC#CCOc2cccc(C(F)(F)F)c2)c1. The van der Waals surface area contributed by atoms with Crippen LogP contribution in [0.3, 0.4) is 0 Å². The summed E-state index contributed by atoms with van der Waals surface area (Å²) in [7, 11) is 0. The number of aryl methyl sites for hydroxylation is 1. The van der Waals surface area contributed by atoms with Crippen LogP contribution in [-0.2, 0) is 6.18 Å². The number of benzene rings is 1. The topological polar surface area (TPSA) is 38.3 Å². The van der Waals surface area contributed by atoms with Crippen molar-refractivity contribution in [3.05, 3.63) is 51.7 Å². The standard InChI is InChI=1S/C17H14F3NO2S/c1-12-9-15(24-11-12)16(22)21-7-2-3-8-23-14-6-4-5-13(10-14)17(18,19)20/h4-6,9-11H,7-8H2,1H3,(H,21,22). The third-order valence-corrected chi connectivity index (χ3v) is 3.94. The molecule has 1 N–H and O–H groups in total. The van der Waals surface area contributed by atoms with Gasteiger partial charge in [0.25, 0.3) is 5.91 Å². The summed E-state index contributed by atoms with van der Waals surface area (Å²) in [5.74, 6) is 5.21. The zero-order chi connectivity index (χ0) is 17.6. The Morgan fingerprint density at radius 2 is 2.08 bits per heavy atom. The molecule has 0 aliphatic rings. The third kappa shape index (κ3) is 5.32. The predicted molar refractivity (Wildman–Crippen MR) is 86.1 cm³/mol. The Balaban J connectivity index is 1.77. The molecule has 0 spiro atoms. The van der Waals surface area contributed by atoms with E-state index >= 15 is 0 Å². The molecule has 0 saturated carbocycles. The van der Waals surface area contributed by atoms with Crippen LogP contribution in [0.4, 0.5) is 13.2 Å². The van der Waals surface area contributed by atoms with Gasteiger partial charge in [-0.05, 0) is 42.1 Å². The number of alkyl halides is 3. The number of carbonyl (C=O) groups excluding carboxylic acids is 1. The number of amides is 1. The van der Waals surface area contributed by atoms with E-state index in [2.05, 4.69) is 17.2 Å². The molecule has 2 rings (SSSR count). The lowest BCUT2D eigenvalue weighted by Crippen LogP contribution is -2.22. The van der Waals surface area contributed by atoms with Gasteiger partial charge in [0.15, 0.2) is 0 Å². The Morgan fingerprint density at radius 3 is 2.75 bits per heavy atom. The van der Waals surface area contributed by atoms with Gasteiger partial charge in [-0.25, -0.2) is 0 Å². The van der Waals surface area contributed by atoms with E-state index in [-0.39, 0.29) is 24.8 Å². The van der Waals surface area contributed by atoms with E-state index in [1.807, 2.05) is 12.3 Å². The van der Waals surface area contributed by atoms with Crippen molar-refractivity contribution in [3.8, 4) is 17.6 Å². The van der Waals surface area contributed by atoms with Gasteiger partial charge in [-0.2, -0.15) is 13.2 Å². The monoisotopic (exact) mass is 353 g/mol. The molecule has 2 aromatic rings. The van der Waals surface area contributed by atoms with E-state index in [4.69, 9.17) is 4.74 Å². The Labute approximate surface area is 141 Å². The highest BCUT2D eigenvalue weighted by Crippen LogP contribution is 2.31. The van der Waals surface area contributed by atoms with E-state index < -0.39 is 11.7 Å². The first-order valence-electron chi connectivity index (χ1n) is 6.95. The van der Waals surface area contributed by atoms with Crippen molar-refractivity contribution in [1.29, 1.82) is 0 Å². The maximum atomic E-state index is 12.6. The molecule has 0 bridgehead atoms. The molecule has 0 aliphatic heterocycles. The minimum atomic E-state index is -4.41. The van der Waals surface area contributed by atoms with Crippen LogP contribution in [0.15, 0.2) is 35.7 Å². The number of hydrogen-bond acceptors (Lipinski definition) is 3. The lowest BCUT2D eigenvalue weighted by Gasteiger charge is -2.08. The number of thiophene rings is 1. The third-order valence-electron chi connectivity index (χ3n) is 2.89. The number of halogens is 3. The summed E-state index contributed by atoms with van der Waals surface area (Å²) in [6.45, 7) is 1.98. The van der Waals surface area contributed by atoms with Gasteiger partial charge in [0.2, 0.25) is 0 Å². The van der Waals surface area contributed by atoms with Crippen LogP contribution >= 0.6 is 11.3 Å². The molecule has 0 saturated heterocycles. The molecule has 1 heterocycles. The molecule has 126 valence electrons. The molecule has 1 amide bonds. The van der Waals surface area contributed by atoms with Crippen LogP contribution in [-0.4, -0.2) is 19.1 Å². The highest BCUT2D eigenvalue weighted by molar-refractivity contribution is 7.12. The Morgan fingerprint density at radius 1 is 1.29 bits per heavy atom. The molecule has 1 aromatic carbocycles. The van der Waals surface area contributed by atoms with Crippen molar-refractivity contribution < 1.29 is 22.7 Å². The number of carbonyl (C=O) groups is 1. The van der Waals surface area contributed by atoms with Crippen LogP contribution in [0.1, 0.15) is 20.8 Å². The molecule has 1 aromatic heterocycles. The summed E-state index contributed by atoms with van der Waals surface area (Å²) in [6, 6.07) is 6.37. The molecule has 24 heavy (non-hydrogen) atoms. The largest absolute Gasteiger partial charge is 0.481 e. The van der Waals surface area contributed by atoms with E-state index in [1.165, 1.54) is 23.5 Å². The van der Waals surface area contributed by atoms with Gasteiger partial charge < -0.3 is 10.1 Å². The number of hydrogen-bond donors (Lipinski definition) is 1. The molecule has 7 heteroatoms. The molecule has 0 radical (unpaired) electrons. The van der Waals surface area contributed by atoms with Crippen LogP contribution in [0, 0.1) is 18.8 Å². The maximum absolute atomic E-state index is 12.6. The van der Waals surface area contributed by atoms with E-state index in [9.17, 15) is 18.0 Å². The predicted octanol–water partition coefficient (Wildman–Crippen LogP) is 3.89. The van der Waals surface area contributed by atoms with Gasteiger partial charge in [-0.15, -0.1) is 11.3 Å². The second kappa shape index (κ2) is 7.88. The zero-order valence-electron chi connectivity index (χ0n) is 12.7. The molecule has 3 nitrogen and oxygen atoms in total. The quantitative estimate of drug-likeness (QED) is 0.847. The lowest BCUT2D eigenvalue weighted by molar-refractivity contribution is -0.137. The van der Waals surface area contributed by atoms with Crippen molar-refractivity contribution >= 4 is 17.2 Å². The fraction of sp³-hybridized carbons (Fsp3) is 0.235. The molecule has 0 fully saturated rings. The molecule has 0 aliphatic carbocycles. The smallest absolute Gasteiger partial charge is 0.416 e. The zero-order valence-corrected chi connectivity index (χ0v) is 13.6. The summed E-state index contributed by atoms with van der Waals surface area (Å²) >= 11 is 1.35. The highest BCUT2D eigenvalue weighted by atomic mass is 32.1. The molecule has 0 unspecified atom stereocenters. The highest BCUT2D eigenvalue weighted by Gasteiger charge is 2.30. The summed E-state index contributed by atoms with van der Waals surface area (Å²) < 4.78 is 42.8. The van der Waals surface area contributed by atoms with Gasteiger partial charge in [0.1, 0.15) is 12.4 Å². The van der Waals surface area contributed by atoms with Crippen LogP contribution in [0.2, 0.25) is 0 Å². The number of rotatable bonds is 4. The first-order valence-corrected chi connectivity index (χ1v) is 7.83. The van der Waals surface area contributed by atoms with Gasteiger partial charge in [0, 0.05) is 0 Å². The summed E-state index contributed by atoms with van der Waals surface area (Å²) in [6.07, 6.45) is -4.41. The van der Waals surface area contributed by atoms with Crippen molar-refractivity contribution in [3.63, 3.8) is 0 Å². The Kier molecular flexibility index (Phi) is 5.88. The Bertz CT molecular complexity index is 772. The number of ether oxygens (including phenoxy) is 1. The van der Waals surface area contributed by atoms with Crippen molar-refractivity contribution in [2.45, 2.75) is 13.1 Å². The second-order valence-corrected chi connectivity index (χ2v) is 5.75.